The van der Waals surface area contributed by atoms with Crippen molar-refractivity contribution in [2.24, 2.45) is 13.0 Å². The topological polar surface area (TPSA) is 106 Å². The second-order valence-corrected chi connectivity index (χ2v) is 12.6. The van der Waals surface area contributed by atoms with E-state index in [1.165, 1.54) is 0 Å². The minimum Gasteiger partial charge on any atom is -0.488 e. The third kappa shape index (κ3) is 6.83. The summed E-state index contributed by atoms with van der Waals surface area (Å²) in [6.45, 7) is 5.77. The first-order valence-corrected chi connectivity index (χ1v) is 15.8. The van der Waals surface area contributed by atoms with Gasteiger partial charge in [-0.05, 0) is 61.5 Å². The highest BCUT2D eigenvalue weighted by Crippen LogP contribution is 2.33. The molecule has 0 aliphatic carbocycles. The summed E-state index contributed by atoms with van der Waals surface area (Å²) in [5, 5.41) is 14.1. The van der Waals surface area contributed by atoms with Crippen LogP contribution >= 0.6 is 0 Å². The molecule has 0 fully saturated rings. The minimum atomic E-state index is -0.341. The van der Waals surface area contributed by atoms with Gasteiger partial charge in [0.1, 0.15) is 11.9 Å². The zero-order valence-corrected chi connectivity index (χ0v) is 26.9. The summed E-state index contributed by atoms with van der Waals surface area (Å²) in [6.07, 6.45) is 2.07. The van der Waals surface area contributed by atoms with Gasteiger partial charge < -0.3 is 34.1 Å². The van der Waals surface area contributed by atoms with Gasteiger partial charge in [-0.15, -0.1) is 0 Å². The monoisotopic (exact) mass is 626 g/mol. The van der Waals surface area contributed by atoms with E-state index >= 15 is 0 Å². The first-order chi connectivity index (χ1) is 22.2. The fraction of sp³-hybridized carbons (Fsp3) is 0.389. The lowest BCUT2D eigenvalue weighted by atomic mass is 10.0. The van der Waals surface area contributed by atoms with Gasteiger partial charge in [0.2, 0.25) is 18.6 Å². The van der Waals surface area contributed by atoms with Crippen molar-refractivity contribution in [2.75, 3.05) is 38.9 Å². The number of nitrogens with zero attached hydrogens (tertiary/aromatic N) is 3. The van der Waals surface area contributed by atoms with E-state index < -0.39 is 0 Å². The summed E-state index contributed by atoms with van der Waals surface area (Å²) in [5.41, 5.74) is 4.42. The Bertz CT molecular complexity index is 1730. The first-order valence-electron chi connectivity index (χ1n) is 15.8. The van der Waals surface area contributed by atoms with Crippen LogP contribution in [-0.2, 0) is 36.0 Å². The fourth-order valence-corrected chi connectivity index (χ4v) is 6.39. The van der Waals surface area contributed by atoms with Gasteiger partial charge in [-0.3, -0.25) is 14.5 Å². The molecule has 3 aromatic carbocycles. The summed E-state index contributed by atoms with van der Waals surface area (Å²) < 4.78 is 19.7. The smallest absolute Gasteiger partial charge is 0.231 e. The SMILES string of the molecule is C[C@@H]1CN([C@@H](C)CO)C(=O)Cc2cc(NC(=O)Cc3cn(C)c4ccccc34)ccc2O[C@H]1CN(C)Cc1ccc2c(c1)OCO2. The zero-order valence-electron chi connectivity index (χ0n) is 26.9. The normalized spacial score (nSPS) is 18.5. The van der Waals surface area contributed by atoms with Crippen molar-refractivity contribution in [3.05, 3.63) is 83.6 Å². The van der Waals surface area contributed by atoms with Crippen molar-refractivity contribution < 1.29 is 28.9 Å². The van der Waals surface area contributed by atoms with Gasteiger partial charge >= 0.3 is 0 Å². The highest BCUT2D eigenvalue weighted by atomic mass is 16.7. The summed E-state index contributed by atoms with van der Waals surface area (Å²) in [5.74, 6) is 1.86. The molecule has 0 spiro atoms. The van der Waals surface area contributed by atoms with Crippen LogP contribution in [-0.4, -0.2) is 77.0 Å². The molecule has 3 heterocycles. The van der Waals surface area contributed by atoms with Crippen LogP contribution in [0.1, 0.15) is 30.5 Å². The Morgan fingerprint density at radius 3 is 2.70 bits per heavy atom. The predicted octanol–water partition coefficient (Wildman–Crippen LogP) is 4.37. The van der Waals surface area contributed by atoms with Crippen molar-refractivity contribution >= 4 is 28.4 Å². The summed E-state index contributed by atoms with van der Waals surface area (Å²) in [4.78, 5) is 30.8. The fourth-order valence-electron chi connectivity index (χ4n) is 6.39. The largest absolute Gasteiger partial charge is 0.488 e. The van der Waals surface area contributed by atoms with Crippen molar-refractivity contribution in [1.29, 1.82) is 0 Å². The number of aliphatic hydroxyl groups is 1. The van der Waals surface area contributed by atoms with E-state index in [1.807, 2.05) is 92.4 Å². The standard InChI is InChI=1S/C36H42N4O6/c1-23-17-40(24(2)21-41)36(43)16-26-14-28(37-35(42)15-27-19-39(4)30-8-6-5-7-29(27)30)10-12-31(26)46-34(23)20-38(3)18-25-9-11-32-33(13-25)45-22-44-32/h5-14,19,23-24,34,41H,15-18,20-22H2,1-4H3,(H,37,42)/t23-,24+,34+/m1/s1. The lowest BCUT2D eigenvalue weighted by molar-refractivity contribution is -0.134. The number of likely N-dealkylation sites (N-methyl/N-ethyl adjacent to an activating group) is 1. The third-order valence-electron chi connectivity index (χ3n) is 8.91. The number of hydrogen-bond acceptors (Lipinski definition) is 7. The number of nitrogens with one attached hydrogen (secondary N) is 1. The maximum atomic E-state index is 13.6. The van der Waals surface area contributed by atoms with Crippen molar-refractivity contribution in [2.45, 2.75) is 45.4 Å². The molecule has 242 valence electrons. The molecule has 1 aromatic heterocycles. The Kier molecular flexibility index (Phi) is 9.19. The number of ether oxygens (including phenoxy) is 3. The van der Waals surface area contributed by atoms with Crippen LogP contribution in [0, 0.1) is 5.92 Å². The van der Waals surface area contributed by atoms with Gasteiger partial charge in [-0.25, -0.2) is 0 Å². The van der Waals surface area contributed by atoms with E-state index in [9.17, 15) is 14.7 Å². The maximum absolute atomic E-state index is 13.6. The van der Waals surface area contributed by atoms with E-state index in [4.69, 9.17) is 14.2 Å². The summed E-state index contributed by atoms with van der Waals surface area (Å²) in [7, 11) is 4.02. The number of fused-ring (bicyclic) bond motifs is 3. The molecule has 4 aromatic rings. The molecule has 0 bridgehead atoms. The quantitative estimate of drug-likeness (QED) is 0.284. The summed E-state index contributed by atoms with van der Waals surface area (Å²) >= 11 is 0. The van der Waals surface area contributed by atoms with Crippen LogP contribution in [0.2, 0.25) is 0 Å². The number of carbonyl (C=O) groups excluding carboxylic acids is 2. The molecule has 46 heavy (non-hydrogen) atoms. The van der Waals surface area contributed by atoms with Gasteiger partial charge in [0, 0.05) is 61.0 Å². The van der Waals surface area contributed by atoms with E-state index in [2.05, 4.69) is 17.1 Å². The number of carbonyl (C=O) groups is 2. The minimum absolute atomic E-state index is 0.0248. The molecule has 2 aliphatic heterocycles. The van der Waals surface area contributed by atoms with Gasteiger partial charge in [-0.1, -0.05) is 31.2 Å². The molecule has 2 aliphatic rings. The van der Waals surface area contributed by atoms with Gasteiger partial charge in [-0.2, -0.15) is 0 Å². The number of anilines is 1. The Morgan fingerprint density at radius 2 is 1.87 bits per heavy atom. The number of aliphatic hydroxyl groups excluding tert-OH is 1. The van der Waals surface area contributed by atoms with Crippen molar-refractivity contribution in [1.82, 2.24) is 14.4 Å². The van der Waals surface area contributed by atoms with Gasteiger partial charge in [0.25, 0.3) is 0 Å². The van der Waals surface area contributed by atoms with Gasteiger partial charge in [0.05, 0.1) is 25.5 Å². The van der Waals surface area contributed by atoms with Gasteiger partial charge in [0.15, 0.2) is 11.5 Å². The number of amides is 2. The average molecular weight is 627 g/mol. The van der Waals surface area contributed by atoms with Crippen LogP contribution in [0.15, 0.2) is 66.9 Å². The number of hydrogen-bond donors (Lipinski definition) is 2. The Hall–Kier alpha value is -4.54. The Morgan fingerprint density at radius 1 is 1.09 bits per heavy atom. The lowest BCUT2D eigenvalue weighted by Gasteiger charge is -2.34. The number of aryl methyl sites for hydroxylation is 1. The number of benzene rings is 3. The van der Waals surface area contributed by atoms with Crippen LogP contribution in [0.4, 0.5) is 5.69 Å². The number of rotatable bonds is 9. The molecular weight excluding hydrogens is 584 g/mol. The van der Waals surface area contributed by atoms with E-state index in [-0.39, 0.29) is 56.1 Å². The van der Waals surface area contributed by atoms with Crippen LogP contribution < -0.4 is 19.5 Å². The molecule has 10 heteroatoms. The molecule has 6 rings (SSSR count). The highest BCUT2D eigenvalue weighted by Gasteiger charge is 2.31. The number of para-hydroxylation sites is 1. The average Bonchev–Trinajstić information content (AvgIpc) is 3.64. The third-order valence-corrected chi connectivity index (χ3v) is 8.91. The van der Waals surface area contributed by atoms with E-state index in [0.29, 0.717) is 36.6 Å². The van der Waals surface area contributed by atoms with E-state index in [1.54, 1.807) is 4.90 Å². The van der Waals surface area contributed by atoms with Crippen molar-refractivity contribution in [3.8, 4) is 17.2 Å². The molecule has 2 amide bonds. The second-order valence-electron chi connectivity index (χ2n) is 12.6. The number of aromatic nitrogens is 1. The molecular formula is C36H42N4O6. The second kappa shape index (κ2) is 13.4. The lowest BCUT2D eigenvalue weighted by Crippen LogP contribution is -2.47. The Balaban J connectivity index is 1.21. The summed E-state index contributed by atoms with van der Waals surface area (Å²) in [6, 6.07) is 19.2. The van der Waals surface area contributed by atoms with E-state index in [0.717, 1.165) is 33.5 Å². The first kappa shape index (κ1) is 31.4. The predicted molar refractivity (Wildman–Crippen MR) is 176 cm³/mol. The molecule has 2 N–H and O–H groups in total. The molecule has 3 atom stereocenters. The molecule has 0 saturated carbocycles. The molecule has 10 nitrogen and oxygen atoms in total. The Labute approximate surface area is 269 Å². The molecule has 0 unspecified atom stereocenters. The highest BCUT2D eigenvalue weighted by molar-refractivity contribution is 5.96. The van der Waals surface area contributed by atoms with Crippen LogP contribution in [0.25, 0.3) is 10.9 Å². The maximum Gasteiger partial charge on any atom is 0.231 e. The zero-order chi connectivity index (χ0) is 32.4. The molecule has 0 saturated heterocycles. The van der Waals surface area contributed by atoms with Crippen LogP contribution in [0.5, 0.6) is 17.2 Å². The van der Waals surface area contributed by atoms with Crippen LogP contribution in [0.3, 0.4) is 0 Å². The molecule has 0 radical (unpaired) electrons. The van der Waals surface area contributed by atoms with Crippen molar-refractivity contribution in [3.63, 3.8) is 0 Å².